The maximum absolute atomic E-state index is 12.2. The summed E-state index contributed by atoms with van der Waals surface area (Å²) < 4.78 is 5.19. The van der Waals surface area contributed by atoms with Gasteiger partial charge in [-0.15, -0.1) is 0 Å². The van der Waals surface area contributed by atoms with Crippen LogP contribution in [0.25, 0.3) is 0 Å². The second-order valence-corrected chi connectivity index (χ2v) is 5.08. The summed E-state index contributed by atoms with van der Waals surface area (Å²) in [6.07, 6.45) is 2.08. The number of nitrogens with one attached hydrogen (secondary N) is 1. The molecule has 0 heterocycles. The Hall–Kier alpha value is -1.71. The number of nitrogen functional groups attached to an aromatic ring is 1. The van der Waals surface area contributed by atoms with Gasteiger partial charge in [-0.1, -0.05) is 20.3 Å². The molecule has 4 nitrogen and oxygen atoms in total. The van der Waals surface area contributed by atoms with E-state index in [1.54, 1.807) is 25.3 Å². The third kappa shape index (κ3) is 4.47. The molecule has 0 aromatic heterocycles. The minimum absolute atomic E-state index is 0.133. The highest BCUT2D eigenvalue weighted by Crippen LogP contribution is 2.21. The maximum atomic E-state index is 12.2. The third-order valence-electron chi connectivity index (χ3n) is 3.30. The summed E-state index contributed by atoms with van der Waals surface area (Å²) in [5.41, 5.74) is 6.76. The topological polar surface area (TPSA) is 64.4 Å². The van der Waals surface area contributed by atoms with Crippen LogP contribution >= 0.6 is 0 Å². The van der Waals surface area contributed by atoms with Crippen LogP contribution in [0.1, 0.15) is 44.0 Å². The first kappa shape index (κ1) is 15.3. The van der Waals surface area contributed by atoms with Gasteiger partial charge in [-0.05, 0) is 37.5 Å². The molecular formula is C15H24N2O2. The van der Waals surface area contributed by atoms with Gasteiger partial charge < -0.3 is 15.8 Å². The van der Waals surface area contributed by atoms with Crippen molar-refractivity contribution in [1.82, 2.24) is 5.32 Å². The van der Waals surface area contributed by atoms with Gasteiger partial charge in [0.2, 0.25) is 0 Å². The molecule has 0 aliphatic carbocycles. The zero-order valence-corrected chi connectivity index (χ0v) is 12.2. The lowest BCUT2D eigenvalue weighted by Crippen LogP contribution is -2.34. The van der Waals surface area contributed by atoms with Crippen molar-refractivity contribution in [2.24, 2.45) is 5.92 Å². The van der Waals surface area contributed by atoms with Gasteiger partial charge in [0, 0.05) is 11.7 Å². The van der Waals surface area contributed by atoms with Crippen molar-refractivity contribution >= 4 is 11.6 Å². The van der Waals surface area contributed by atoms with Crippen molar-refractivity contribution in [1.29, 1.82) is 0 Å². The number of methoxy groups -OCH3 is 1. The summed E-state index contributed by atoms with van der Waals surface area (Å²) in [6, 6.07) is 5.21. The van der Waals surface area contributed by atoms with Gasteiger partial charge in [0.05, 0.1) is 12.7 Å². The maximum Gasteiger partial charge on any atom is 0.255 e. The molecule has 106 valence electrons. The average Bonchev–Trinajstić information content (AvgIpc) is 2.38. The molecule has 0 aliphatic rings. The third-order valence-corrected chi connectivity index (χ3v) is 3.30. The summed E-state index contributed by atoms with van der Waals surface area (Å²) >= 11 is 0. The van der Waals surface area contributed by atoms with E-state index in [0.29, 0.717) is 22.9 Å². The molecule has 1 amide bonds. The molecule has 1 aromatic carbocycles. The highest BCUT2D eigenvalue weighted by molar-refractivity contribution is 5.98. The summed E-state index contributed by atoms with van der Waals surface area (Å²) in [5, 5.41) is 2.99. The Kier molecular flexibility index (Phi) is 5.67. The highest BCUT2D eigenvalue weighted by atomic mass is 16.5. The van der Waals surface area contributed by atoms with Gasteiger partial charge in [0.1, 0.15) is 5.75 Å². The zero-order chi connectivity index (χ0) is 14.4. The van der Waals surface area contributed by atoms with Crippen LogP contribution in [-0.2, 0) is 0 Å². The molecule has 2 atom stereocenters. The molecule has 0 bridgehead atoms. The van der Waals surface area contributed by atoms with Crippen molar-refractivity contribution < 1.29 is 9.53 Å². The number of rotatable bonds is 6. The Balaban J connectivity index is 2.75. The van der Waals surface area contributed by atoms with Crippen LogP contribution in [0.3, 0.4) is 0 Å². The van der Waals surface area contributed by atoms with Crippen LogP contribution in [0.4, 0.5) is 5.69 Å². The van der Waals surface area contributed by atoms with Crippen LogP contribution in [0.5, 0.6) is 5.75 Å². The number of ether oxygens (including phenoxy) is 1. The van der Waals surface area contributed by atoms with Crippen LogP contribution in [-0.4, -0.2) is 19.1 Å². The van der Waals surface area contributed by atoms with E-state index in [9.17, 15) is 4.79 Å². The average molecular weight is 264 g/mol. The Labute approximate surface area is 115 Å². The quantitative estimate of drug-likeness (QED) is 0.776. The van der Waals surface area contributed by atoms with Crippen molar-refractivity contribution in [2.75, 3.05) is 12.8 Å². The summed E-state index contributed by atoms with van der Waals surface area (Å²) in [7, 11) is 1.55. The Bertz CT molecular complexity index is 432. The molecule has 3 N–H and O–H groups in total. The van der Waals surface area contributed by atoms with E-state index in [1.165, 1.54) is 0 Å². The summed E-state index contributed by atoms with van der Waals surface area (Å²) in [4.78, 5) is 12.2. The lowest BCUT2D eigenvalue weighted by atomic mass is 10.00. The molecule has 4 heteroatoms. The van der Waals surface area contributed by atoms with Gasteiger partial charge in [-0.2, -0.15) is 0 Å². The molecule has 1 aromatic rings. The first-order valence-electron chi connectivity index (χ1n) is 6.72. The zero-order valence-electron chi connectivity index (χ0n) is 12.2. The number of carbonyl (C=O) groups is 1. The Morgan fingerprint density at radius 3 is 2.68 bits per heavy atom. The van der Waals surface area contributed by atoms with Crippen molar-refractivity contribution in [3.05, 3.63) is 23.8 Å². The SMILES string of the molecule is CCC(C)CC(C)NC(=O)c1cc(N)ccc1OC. The van der Waals surface area contributed by atoms with E-state index < -0.39 is 0 Å². The van der Waals surface area contributed by atoms with Crippen molar-refractivity contribution in [3.63, 3.8) is 0 Å². The van der Waals surface area contributed by atoms with Gasteiger partial charge in [-0.25, -0.2) is 0 Å². The lowest BCUT2D eigenvalue weighted by Gasteiger charge is -2.18. The highest BCUT2D eigenvalue weighted by Gasteiger charge is 2.16. The predicted molar refractivity (Wildman–Crippen MR) is 78.4 cm³/mol. The van der Waals surface area contributed by atoms with Crippen LogP contribution < -0.4 is 15.8 Å². The molecule has 0 radical (unpaired) electrons. The fraction of sp³-hybridized carbons (Fsp3) is 0.533. The van der Waals surface area contributed by atoms with Crippen LogP contribution in [0, 0.1) is 5.92 Å². The van der Waals surface area contributed by atoms with Crippen LogP contribution in [0.2, 0.25) is 0 Å². The monoisotopic (exact) mass is 264 g/mol. The molecule has 0 saturated heterocycles. The number of hydrogen-bond acceptors (Lipinski definition) is 3. The smallest absolute Gasteiger partial charge is 0.255 e. The van der Waals surface area contributed by atoms with Crippen molar-refractivity contribution in [3.8, 4) is 5.75 Å². The molecule has 0 saturated carbocycles. The molecule has 0 fully saturated rings. The molecule has 2 unspecified atom stereocenters. The molecular weight excluding hydrogens is 240 g/mol. The van der Waals surface area contributed by atoms with Gasteiger partial charge in [0.15, 0.2) is 0 Å². The minimum atomic E-state index is -0.139. The van der Waals surface area contributed by atoms with E-state index in [-0.39, 0.29) is 11.9 Å². The van der Waals surface area contributed by atoms with Gasteiger partial charge in [0.25, 0.3) is 5.91 Å². The van der Waals surface area contributed by atoms with E-state index >= 15 is 0 Å². The minimum Gasteiger partial charge on any atom is -0.496 e. The normalized spacial score (nSPS) is 13.7. The summed E-state index contributed by atoms with van der Waals surface area (Å²) in [5.74, 6) is 1.00. The number of amides is 1. The van der Waals surface area contributed by atoms with Gasteiger partial charge >= 0.3 is 0 Å². The number of nitrogens with two attached hydrogens (primary N) is 1. The predicted octanol–water partition coefficient (Wildman–Crippen LogP) is 2.83. The Morgan fingerprint density at radius 1 is 1.42 bits per heavy atom. The number of hydrogen-bond donors (Lipinski definition) is 2. The van der Waals surface area contributed by atoms with Crippen molar-refractivity contribution in [2.45, 2.75) is 39.7 Å². The largest absolute Gasteiger partial charge is 0.496 e. The number of benzene rings is 1. The second kappa shape index (κ2) is 7.02. The fourth-order valence-electron chi connectivity index (χ4n) is 2.03. The van der Waals surface area contributed by atoms with E-state index in [1.807, 2.05) is 6.92 Å². The lowest BCUT2D eigenvalue weighted by molar-refractivity contribution is 0.0932. The fourth-order valence-corrected chi connectivity index (χ4v) is 2.03. The molecule has 19 heavy (non-hydrogen) atoms. The summed E-state index contributed by atoms with van der Waals surface area (Å²) in [6.45, 7) is 6.35. The standard InChI is InChI=1S/C15H24N2O2/c1-5-10(2)8-11(3)17-15(18)13-9-12(16)6-7-14(13)19-4/h6-7,9-11H,5,8,16H2,1-4H3,(H,17,18). The second-order valence-electron chi connectivity index (χ2n) is 5.08. The number of carbonyl (C=O) groups excluding carboxylic acids is 1. The van der Waals surface area contributed by atoms with E-state index in [4.69, 9.17) is 10.5 Å². The first-order chi connectivity index (χ1) is 8.97. The van der Waals surface area contributed by atoms with Crippen LogP contribution in [0.15, 0.2) is 18.2 Å². The first-order valence-corrected chi connectivity index (χ1v) is 6.72. The van der Waals surface area contributed by atoms with E-state index in [0.717, 1.165) is 12.8 Å². The van der Waals surface area contributed by atoms with Gasteiger partial charge in [-0.3, -0.25) is 4.79 Å². The number of anilines is 1. The molecule has 0 aliphatic heterocycles. The Morgan fingerprint density at radius 2 is 2.11 bits per heavy atom. The van der Waals surface area contributed by atoms with E-state index in [2.05, 4.69) is 19.2 Å². The molecule has 1 rings (SSSR count). The molecule has 0 spiro atoms.